The topological polar surface area (TPSA) is 115 Å². The summed E-state index contributed by atoms with van der Waals surface area (Å²) in [4.78, 5) is 25.4. The number of ether oxygens (including phenoxy) is 1. The lowest BCUT2D eigenvalue weighted by atomic mass is 10.1. The van der Waals surface area contributed by atoms with Gasteiger partial charge in [-0.1, -0.05) is 12.1 Å². The number of H-pyrrole nitrogens is 1. The standard InChI is InChI=1S/C19H18FN5O3S.ClH/c20-7-11(8-21)5-15(25-10-22-24-18(25)26)17-4-3-16(29-17)12-1-2-13-9-28-19(27)23-14(13)6-12;/h1-4,6-7,10,15H,5,8-9,21H2,(H,23,27)(H,24,26);1H/b11-7-;. The molecule has 3 heterocycles. The van der Waals surface area contributed by atoms with Gasteiger partial charge in [0.2, 0.25) is 0 Å². The van der Waals surface area contributed by atoms with Gasteiger partial charge in [-0.2, -0.15) is 5.10 Å². The molecule has 4 N–H and O–H groups in total. The van der Waals surface area contributed by atoms with E-state index >= 15 is 0 Å². The molecule has 8 nitrogen and oxygen atoms in total. The van der Waals surface area contributed by atoms with Gasteiger partial charge in [0.1, 0.15) is 12.9 Å². The Hall–Kier alpha value is -2.95. The maximum atomic E-state index is 13.1. The van der Waals surface area contributed by atoms with Crippen LogP contribution < -0.4 is 16.7 Å². The van der Waals surface area contributed by atoms with Gasteiger partial charge in [0.15, 0.2) is 0 Å². The zero-order valence-electron chi connectivity index (χ0n) is 15.6. The molecule has 0 spiro atoms. The Kier molecular flexibility index (Phi) is 6.70. The first-order valence-corrected chi connectivity index (χ1v) is 9.67. The third-order valence-electron chi connectivity index (χ3n) is 4.73. The number of nitrogens with one attached hydrogen (secondary N) is 2. The number of rotatable bonds is 6. The molecule has 0 saturated carbocycles. The van der Waals surface area contributed by atoms with Gasteiger partial charge < -0.3 is 10.5 Å². The normalized spacial score (nSPS) is 14.3. The van der Waals surface area contributed by atoms with E-state index in [9.17, 15) is 14.0 Å². The molecule has 1 aliphatic rings. The molecule has 0 aliphatic carbocycles. The van der Waals surface area contributed by atoms with Crippen LogP contribution in [-0.2, 0) is 11.3 Å². The molecule has 1 aliphatic heterocycles. The minimum absolute atomic E-state index is 0. The first-order valence-electron chi connectivity index (χ1n) is 8.85. The number of hydrogen-bond donors (Lipinski definition) is 3. The molecule has 4 rings (SSSR count). The lowest BCUT2D eigenvalue weighted by Crippen LogP contribution is -2.23. The predicted molar refractivity (Wildman–Crippen MR) is 115 cm³/mol. The fourth-order valence-corrected chi connectivity index (χ4v) is 4.29. The summed E-state index contributed by atoms with van der Waals surface area (Å²) in [6, 6.07) is 9.13. The minimum Gasteiger partial charge on any atom is -0.444 e. The van der Waals surface area contributed by atoms with Gasteiger partial charge in [0.25, 0.3) is 0 Å². The molecule has 0 fully saturated rings. The van der Waals surface area contributed by atoms with Crippen molar-refractivity contribution in [3.63, 3.8) is 0 Å². The van der Waals surface area contributed by atoms with Gasteiger partial charge >= 0.3 is 11.8 Å². The number of amides is 1. The molecule has 3 aromatic rings. The molecule has 158 valence electrons. The Labute approximate surface area is 181 Å². The Morgan fingerprint density at radius 3 is 2.90 bits per heavy atom. The van der Waals surface area contributed by atoms with Crippen molar-refractivity contribution in [2.45, 2.75) is 19.1 Å². The number of fused-ring (bicyclic) bond motifs is 1. The molecule has 1 aromatic carbocycles. The van der Waals surface area contributed by atoms with Crippen LogP contribution in [0, 0.1) is 0 Å². The average Bonchev–Trinajstić information content (AvgIpc) is 3.38. The summed E-state index contributed by atoms with van der Waals surface area (Å²) in [6.45, 7) is 0.296. The van der Waals surface area contributed by atoms with Crippen LogP contribution in [0.3, 0.4) is 0 Å². The van der Waals surface area contributed by atoms with Crippen molar-refractivity contribution in [1.82, 2.24) is 14.8 Å². The molecule has 0 radical (unpaired) electrons. The summed E-state index contributed by atoms with van der Waals surface area (Å²) in [6.07, 6.45) is 1.66. The summed E-state index contributed by atoms with van der Waals surface area (Å²) in [7, 11) is 0. The predicted octanol–water partition coefficient (Wildman–Crippen LogP) is 3.58. The van der Waals surface area contributed by atoms with Crippen LogP contribution in [0.4, 0.5) is 14.9 Å². The monoisotopic (exact) mass is 451 g/mol. The second kappa shape index (κ2) is 9.24. The zero-order valence-corrected chi connectivity index (χ0v) is 17.3. The summed E-state index contributed by atoms with van der Waals surface area (Å²) < 4.78 is 19.5. The van der Waals surface area contributed by atoms with Gasteiger partial charge in [-0.3, -0.25) is 9.88 Å². The number of nitrogens with zero attached hydrogens (tertiary/aromatic N) is 2. The molecule has 1 atom stereocenters. The number of halogens is 2. The molecule has 2 aromatic heterocycles. The zero-order chi connectivity index (χ0) is 20.4. The highest BCUT2D eigenvalue weighted by molar-refractivity contribution is 7.15. The Bertz CT molecular complexity index is 1140. The second-order valence-electron chi connectivity index (χ2n) is 6.54. The molecule has 0 saturated heterocycles. The van der Waals surface area contributed by atoms with Crippen LogP contribution in [-0.4, -0.2) is 27.4 Å². The number of thiophene rings is 1. The molecule has 30 heavy (non-hydrogen) atoms. The molecule has 1 unspecified atom stereocenters. The number of carbonyl (C=O) groups excluding carboxylic acids is 1. The highest BCUT2D eigenvalue weighted by atomic mass is 35.5. The van der Waals surface area contributed by atoms with Crippen LogP contribution in [0.15, 0.2) is 53.4 Å². The van der Waals surface area contributed by atoms with Crippen molar-refractivity contribution in [3.05, 3.63) is 69.5 Å². The van der Waals surface area contributed by atoms with Crippen molar-refractivity contribution >= 4 is 35.5 Å². The van der Waals surface area contributed by atoms with Gasteiger partial charge in [-0.05, 0) is 35.8 Å². The summed E-state index contributed by atoms with van der Waals surface area (Å²) >= 11 is 1.48. The fourth-order valence-electron chi connectivity index (χ4n) is 3.18. The van der Waals surface area contributed by atoms with Crippen LogP contribution in [0.1, 0.15) is 22.9 Å². The number of anilines is 1. The molecular formula is C19H19ClFN5O3S. The van der Waals surface area contributed by atoms with E-state index in [2.05, 4.69) is 15.5 Å². The first kappa shape index (κ1) is 21.8. The van der Waals surface area contributed by atoms with Crippen molar-refractivity contribution in [1.29, 1.82) is 0 Å². The van der Waals surface area contributed by atoms with E-state index in [1.54, 1.807) is 0 Å². The molecule has 0 bridgehead atoms. The highest BCUT2D eigenvalue weighted by Gasteiger charge is 2.21. The SMILES string of the molecule is Cl.NC/C(=C\F)CC(c1ccc(-c2ccc3c(c2)NC(=O)OC3)s1)n1cn[nH]c1=O. The van der Waals surface area contributed by atoms with Gasteiger partial charge in [-0.15, -0.1) is 23.7 Å². The summed E-state index contributed by atoms with van der Waals surface area (Å²) in [5, 5.41) is 8.84. The third-order valence-corrected chi connectivity index (χ3v) is 5.97. The molecule has 11 heteroatoms. The number of benzene rings is 1. The van der Waals surface area contributed by atoms with Gasteiger partial charge in [0.05, 0.1) is 18.1 Å². The van der Waals surface area contributed by atoms with Gasteiger partial charge in [-0.25, -0.2) is 19.1 Å². The smallest absolute Gasteiger partial charge is 0.411 e. The van der Waals surface area contributed by atoms with Crippen LogP contribution >= 0.6 is 23.7 Å². The summed E-state index contributed by atoms with van der Waals surface area (Å²) in [5.41, 5.74) is 8.16. The second-order valence-corrected chi connectivity index (χ2v) is 7.65. The van der Waals surface area contributed by atoms with Crippen molar-refractivity contribution in [3.8, 4) is 10.4 Å². The largest absolute Gasteiger partial charge is 0.444 e. The van der Waals surface area contributed by atoms with Crippen molar-refractivity contribution < 1.29 is 13.9 Å². The van der Waals surface area contributed by atoms with E-state index in [-0.39, 0.29) is 37.7 Å². The highest BCUT2D eigenvalue weighted by Crippen LogP contribution is 2.37. The van der Waals surface area contributed by atoms with Gasteiger partial charge in [0, 0.05) is 21.9 Å². The number of aromatic nitrogens is 3. The van der Waals surface area contributed by atoms with E-state index in [1.165, 1.54) is 22.2 Å². The number of hydrogen-bond acceptors (Lipinski definition) is 6. The third kappa shape index (κ3) is 4.30. The Balaban J connectivity index is 0.00000256. The molecule has 1 amide bonds. The number of aromatic amines is 1. The fraction of sp³-hybridized carbons (Fsp3) is 0.211. The average molecular weight is 452 g/mol. The first-order chi connectivity index (χ1) is 14.1. The van der Waals surface area contributed by atoms with Crippen LogP contribution in [0.25, 0.3) is 10.4 Å². The van der Waals surface area contributed by atoms with Crippen LogP contribution in [0.2, 0.25) is 0 Å². The van der Waals surface area contributed by atoms with E-state index in [0.29, 0.717) is 17.6 Å². The maximum absolute atomic E-state index is 13.1. The maximum Gasteiger partial charge on any atom is 0.411 e. The Morgan fingerprint density at radius 1 is 1.37 bits per heavy atom. The van der Waals surface area contributed by atoms with E-state index in [1.807, 2.05) is 30.3 Å². The number of cyclic esters (lactones) is 1. The number of nitrogens with two attached hydrogens (primary N) is 1. The van der Waals surface area contributed by atoms with E-state index < -0.39 is 12.1 Å². The lowest BCUT2D eigenvalue weighted by molar-refractivity contribution is 0.151. The quantitative estimate of drug-likeness (QED) is 0.530. The van der Waals surface area contributed by atoms with E-state index in [4.69, 9.17) is 10.5 Å². The number of carbonyl (C=O) groups is 1. The van der Waals surface area contributed by atoms with E-state index in [0.717, 1.165) is 20.9 Å². The van der Waals surface area contributed by atoms with Crippen molar-refractivity contribution in [2.75, 3.05) is 11.9 Å². The van der Waals surface area contributed by atoms with Crippen molar-refractivity contribution in [2.24, 2.45) is 5.73 Å². The minimum atomic E-state index is -0.478. The van der Waals surface area contributed by atoms with Crippen LogP contribution in [0.5, 0.6) is 0 Å². The lowest BCUT2D eigenvalue weighted by Gasteiger charge is -2.18. The Morgan fingerprint density at radius 2 is 2.20 bits per heavy atom. The molecular weight excluding hydrogens is 433 g/mol. The summed E-state index contributed by atoms with van der Waals surface area (Å²) in [5.74, 6) is 0.